The van der Waals surface area contributed by atoms with Gasteiger partial charge >= 0.3 is 0 Å². The van der Waals surface area contributed by atoms with E-state index in [2.05, 4.69) is 51.8 Å². The Hall–Kier alpha value is -10.3. The summed E-state index contributed by atoms with van der Waals surface area (Å²) in [5, 5.41) is 165. The van der Waals surface area contributed by atoms with Crippen molar-refractivity contribution < 1.29 is 81.7 Å². The average molecular weight is 1750 g/mol. The maximum absolute atomic E-state index is 11.7. The molecule has 4 aliphatic heterocycles. The Kier molecular flexibility index (Phi) is 22.3. The van der Waals surface area contributed by atoms with Gasteiger partial charge in [0.25, 0.3) is 21.7 Å². The van der Waals surface area contributed by atoms with Crippen molar-refractivity contribution in [3.8, 4) is 140 Å². The van der Waals surface area contributed by atoms with Gasteiger partial charge in [-0.15, -0.1) is 45.3 Å². The molecule has 0 unspecified atom stereocenters. The largest absolute Gasteiger partial charge is 0.504 e. The van der Waals surface area contributed by atoms with Gasteiger partial charge in [0.1, 0.15) is 26.1 Å². The van der Waals surface area contributed by atoms with Crippen LogP contribution < -0.4 is 21.7 Å². The number of nitriles is 1. The second-order valence-corrected chi connectivity index (χ2v) is 27.9. The van der Waals surface area contributed by atoms with Gasteiger partial charge in [-0.3, -0.25) is 19.2 Å². The van der Waals surface area contributed by atoms with Crippen LogP contribution in [0, 0.1) is 18.5 Å². The lowest BCUT2D eigenvalue weighted by Crippen LogP contribution is -2.02. The summed E-state index contributed by atoms with van der Waals surface area (Å²) < 4.78 is 1.59. The molecule has 496 valence electrons. The van der Waals surface area contributed by atoms with E-state index in [1.165, 1.54) is 79.4 Å². The molecule has 0 radical (unpaired) electrons. The number of fused-ring (bicyclic) bond motifs is 4. The van der Waals surface area contributed by atoms with Crippen LogP contribution in [0.2, 0.25) is 0 Å². The van der Waals surface area contributed by atoms with Crippen LogP contribution in [-0.4, -0.2) is 102 Å². The lowest BCUT2D eigenvalue weighted by Gasteiger charge is -2.08. The van der Waals surface area contributed by atoms with Crippen molar-refractivity contribution >= 4 is 170 Å². The second-order valence-electron chi connectivity index (χ2n) is 19.8. The van der Waals surface area contributed by atoms with Crippen LogP contribution in [-0.2, 0) is 0 Å². The van der Waals surface area contributed by atoms with Crippen LogP contribution in [0.1, 0.15) is 42.3 Å². The van der Waals surface area contributed by atoms with Crippen LogP contribution in [0.4, 0.5) is 0 Å². The first kappa shape index (κ1) is 72.0. The van der Waals surface area contributed by atoms with E-state index in [9.17, 15) is 106 Å². The minimum atomic E-state index is -0.897. The number of phenols is 16. The van der Waals surface area contributed by atoms with Crippen LogP contribution in [0.3, 0.4) is 0 Å². The fourth-order valence-corrected chi connectivity index (χ4v) is 14.1. The van der Waals surface area contributed by atoms with E-state index in [0.717, 1.165) is 45.3 Å². The number of aromatic hydroxyl groups is 16. The van der Waals surface area contributed by atoms with Gasteiger partial charge in [0.05, 0.1) is 41.2 Å². The lowest BCUT2D eigenvalue weighted by atomic mass is 10.1. The molecule has 12 rings (SSSR count). The molecule has 33 heteroatoms. The number of aromatic nitrogens is 4. The van der Waals surface area contributed by atoms with Crippen molar-refractivity contribution in [1.82, 2.24) is 19.9 Å². The highest BCUT2D eigenvalue weighted by Crippen LogP contribution is 2.43. The number of hydrogen-bond acceptors (Lipinski definition) is 29. The van der Waals surface area contributed by atoms with Gasteiger partial charge in [-0.25, -0.2) is 19.9 Å². The van der Waals surface area contributed by atoms with Crippen molar-refractivity contribution in [2.24, 2.45) is 0 Å². The highest BCUT2D eigenvalue weighted by atomic mass is 127. The molecule has 0 spiro atoms. The minimum Gasteiger partial charge on any atom is -0.504 e. The zero-order valence-electron chi connectivity index (χ0n) is 48.4. The second kappa shape index (κ2) is 30.4. The molecule has 98 heavy (non-hydrogen) atoms. The molecule has 4 aromatic carbocycles. The molecule has 25 nitrogen and oxygen atoms in total. The molecule has 8 aliphatic rings. The Balaban J connectivity index is 0.000000153. The standard InChI is InChI=1S/C17H9IN2O5S.2C16H10BrNO5S.C16H10INO5S/c18-10-2-7(3-11(21)13(10)23)1-8(5-19)17-20-6-9-4-12(22)14(24)15(25)16(9)26-17;17-12-7(1-3-9(19)13(12)21)2-4-11-18-6-8-5-10(20)14(22)15(23)16(8)24-11;2*17-9-3-7(4-10(19)13(9)21)1-2-12-18-6-8-5-11(20)14(22)15(23)16(8)24-12/h1-4,6,21-23,25H;3*1-6,19-21,23H/b8-1+;4-2+;2*2-1+. The highest BCUT2D eigenvalue weighted by Gasteiger charge is 2.22. The summed E-state index contributed by atoms with van der Waals surface area (Å²) in [5.74, 6) is -6.28. The first-order valence-corrected chi connectivity index (χ1v) is 33.8. The molecule has 0 saturated heterocycles. The molecular formula is C65H39Br2I2N5O20S4. The Morgan fingerprint density at radius 1 is 0.388 bits per heavy atom. The number of hydrogen-bond donors (Lipinski definition) is 16. The zero-order chi connectivity index (χ0) is 71.3. The topological polar surface area (TPSA) is 467 Å². The van der Waals surface area contributed by atoms with Crippen molar-refractivity contribution in [2.75, 3.05) is 0 Å². The third kappa shape index (κ3) is 16.0. The number of rotatable bonds is 8. The first-order chi connectivity index (χ1) is 46.4. The molecule has 0 fully saturated rings. The monoisotopic (exact) mass is 1750 g/mol. The SMILES string of the molecule is N#C/C(=C\c1cc(O)c(O)c(I)c1)c1ncc2cc(O)c(=O)c(O)c-2s1.O=c1c(O)cc2cnc(/C=C/c3cc(O)c(O)c(Br)c3)sc-2c1O.O=c1c(O)cc2cnc(/C=C/c3cc(O)c(O)c(I)c3)sc-2c1O.O=c1c(O)cc2cnc(/C=C/c3ccc(O)c(O)c3Br)sc-2c1O. The quantitative estimate of drug-likeness (QED) is 0.0382. The van der Waals surface area contributed by atoms with Gasteiger partial charge in [-0.1, -0.05) is 18.2 Å². The fourth-order valence-electron chi connectivity index (χ4n) is 8.36. The Morgan fingerprint density at radius 2 is 0.745 bits per heavy atom. The van der Waals surface area contributed by atoms with Gasteiger partial charge in [0.2, 0.25) is 0 Å². The van der Waals surface area contributed by atoms with Crippen LogP contribution in [0.25, 0.3) is 89.9 Å². The van der Waals surface area contributed by atoms with Crippen molar-refractivity contribution in [3.05, 3.63) is 197 Å². The molecule has 4 heterocycles. The molecule has 4 aliphatic carbocycles. The number of halogens is 4. The van der Waals surface area contributed by atoms with Gasteiger partial charge in [-0.2, -0.15) is 5.26 Å². The molecule has 0 bridgehead atoms. The van der Waals surface area contributed by atoms with Crippen molar-refractivity contribution in [3.63, 3.8) is 0 Å². The van der Waals surface area contributed by atoms with Gasteiger partial charge in [0, 0.05) is 47.0 Å². The summed E-state index contributed by atoms with van der Waals surface area (Å²) in [6.45, 7) is 0. The molecule has 0 amide bonds. The van der Waals surface area contributed by atoms with Gasteiger partial charge < -0.3 is 81.7 Å². The van der Waals surface area contributed by atoms with Crippen LogP contribution in [0.5, 0.6) is 92.0 Å². The summed E-state index contributed by atoms with van der Waals surface area (Å²) in [6, 6.07) is 18.9. The minimum absolute atomic E-state index is 0.137. The van der Waals surface area contributed by atoms with E-state index < -0.39 is 67.7 Å². The maximum Gasteiger partial charge on any atom is 0.263 e. The molecule has 0 atom stereocenters. The van der Waals surface area contributed by atoms with Crippen LogP contribution >= 0.6 is 122 Å². The summed E-state index contributed by atoms with van der Waals surface area (Å²) in [5.41, 5.74) is 0.848. The zero-order valence-corrected chi connectivity index (χ0v) is 59.2. The summed E-state index contributed by atoms with van der Waals surface area (Å²) in [7, 11) is 0. The van der Waals surface area contributed by atoms with Gasteiger partial charge in [-0.05, 0) is 196 Å². The number of nitrogens with zero attached hydrogens (tertiary/aromatic N) is 5. The van der Waals surface area contributed by atoms with E-state index in [1.807, 2.05) is 51.3 Å². The summed E-state index contributed by atoms with van der Waals surface area (Å²) in [6.07, 6.45) is 17.0. The summed E-state index contributed by atoms with van der Waals surface area (Å²) >= 11 is 14.3. The Bertz CT molecular complexity index is 5230. The average Bonchev–Trinajstić information content (AvgIpc) is 0.805. The third-order valence-corrected chi connectivity index (χ3v) is 20.7. The maximum atomic E-state index is 11.7. The molecule has 4 aromatic rings. The lowest BCUT2D eigenvalue weighted by molar-refractivity contribution is 0.401. The Labute approximate surface area is 608 Å². The molecule has 16 N–H and O–H groups in total. The highest BCUT2D eigenvalue weighted by molar-refractivity contribution is 14.1. The van der Waals surface area contributed by atoms with E-state index in [-0.39, 0.29) is 61.5 Å². The van der Waals surface area contributed by atoms with E-state index in [4.69, 9.17) is 0 Å². The number of allylic oxidation sites excluding steroid dienone is 1. The van der Waals surface area contributed by atoms with E-state index in [1.54, 1.807) is 60.7 Å². The normalized spacial score (nSPS) is 11.4. The van der Waals surface area contributed by atoms with Gasteiger partial charge in [0.15, 0.2) is 92.0 Å². The van der Waals surface area contributed by atoms with E-state index >= 15 is 0 Å². The third-order valence-electron chi connectivity index (χ3n) is 13.2. The summed E-state index contributed by atoms with van der Waals surface area (Å²) in [4.78, 5) is 64.3. The van der Waals surface area contributed by atoms with Crippen LogP contribution in [0.15, 0.2) is 126 Å². The number of benzene rings is 8. The van der Waals surface area contributed by atoms with E-state index in [0.29, 0.717) is 90.2 Å². The predicted molar refractivity (Wildman–Crippen MR) is 394 cm³/mol. The van der Waals surface area contributed by atoms with Crippen molar-refractivity contribution in [2.45, 2.75) is 0 Å². The molecule has 0 saturated carbocycles. The fraction of sp³-hybridized carbons (Fsp3) is 0. The molecule has 0 aromatic heterocycles. The molecular weight excluding hydrogens is 1710 g/mol. The van der Waals surface area contributed by atoms with Crippen molar-refractivity contribution in [1.29, 1.82) is 5.26 Å². The Morgan fingerprint density at radius 3 is 1.14 bits per heavy atom. The first-order valence-electron chi connectivity index (χ1n) is 26.8. The number of phenolic OH excluding ortho intramolecular Hbond substituents is 16. The predicted octanol–water partition coefficient (Wildman–Crippen LogP) is 13.0. The smallest absolute Gasteiger partial charge is 0.263 e.